The van der Waals surface area contributed by atoms with E-state index in [0.717, 1.165) is 6.07 Å². The highest BCUT2D eigenvalue weighted by Crippen LogP contribution is 2.26. The van der Waals surface area contributed by atoms with Crippen LogP contribution >= 0.6 is 11.6 Å². The number of hydrogen-bond acceptors (Lipinski definition) is 4. The number of nitrogens with two attached hydrogens (primary N) is 1. The van der Waals surface area contributed by atoms with E-state index < -0.39 is 11.8 Å². The van der Waals surface area contributed by atoms with Crippen molar-refractivity contribution < 1.29 is 13.9 Å². The highest BCUT2D eigenvalue weighted by Gasteiger charge is 2.18. The molecule has 2 aromatic rings. The lowest BCUT2D eigenvalue weighted by molar-refractivity contribution is 0.0594. The Morgan fingerprint density at radius 2 is 2.00 bits per heavy atom. The molecule has 2 N–H and O–H groups in total. The van der Waals surface area contributed by atoms with Gasteiger partial charge >= 0.3 is 5.97 Å². The van der Waals surface area contributed by atoms with Crippen LogP contribution in [0, 0.1) is 5.82 Å². The number of nitrogen functional groups attached to an aromatic ring is 1. The number of benzene rings is 1. The molecule has 0 saturated carbocycles. The van der Waals surface area contributed by atoms with Gasteiger partial charge in [-0.05, 0) is 18.2 Å². The van der Waals surface area contributed by atoms with Crippen LogP contribution in [-0.2, 0) is 4.74 Å². The molecule has 0 aliphatic carbocycles. The molecule has 1 heterocycles. The molecule has 4 nitrogen and oxygen atoms in total. The molecule has 0 aliphatic rings. The average molecular weight is 281 g/mol. The summed E-state index contributed by atoms with van der Waals surface area (Å²) in [5.74, 6) is -1.34. The molecule has 0 amide bonds. The smallest absolute Gasteiger partial charge is 0.358 e. The summed E-state index contributed by atoms with van der Waals surface area (Å²) in [6.45, 7) is 0. The fraction of sp³-hybridized carbons (Fsp3) is 0.0769. The number of rotatable bonds is 2. The number of carbonyl (C=O) groups is 1. The largest absolute Gasteiger partial charge is 0.464 e. The van der Waals surface area contributed by atoms with Gasteiger partial charge in [0.15, 0.2) is 11.5 Å². The Balaban J connectivity index is 2.57. The maximum atomic E-state index is 13.9. The number of halogens is 2. The van der Waals surface area contributed by atoms with Gasteiger partial charge in [0.2, 0.25) is 0 Å². The number of nitrogens with zero attached hydrogens (tertiary/aromatic N) is 1. The van der Waals surface area contributed by atoms with E-state index in [1.54, 1.807) is 24.3 Å². The normalized spacial score (nSPS) is 10.3. The van der Waals surface area contributed by atoms with Crippen LogP contribution in [0.25, 0.3) is 11.3 Å². The summed E-state index contributed by atoms with van der Waals surface area (Å²) in [5.41, 5.74) is 6.49. The van der Waals surface area contributed by atoms with Gasteiger partial charge in [-0.25, -0.2) is 14.2 Å². The second-order valence-electron chi connectivity index (χ2n) is 3.76. The van der Waals surface area contributed by atoms with Gasteiger partial charge in [-0.15, -0.1) is 0 Å². The number of aromatic nitrogens is 1. The van der Waals surface area contributed by atoms with Crippen molar-refractivity contribution in [3.8, 4) is 11.3 Å². The van der Waals surface area contributed by atoms with Gasteiger partial charge in [0, 0.05) is 11.3 Å². The zero-order valence-corrected chi connectivity index (χ0v) is 10.7. The van der Waals surface area contributed by atoms with E-state index in [1.807, 2.05) is 0 Å². The van der Waals surface area contributed by atoms with Crippen molar-refractivity contribution in [1.82, 2.24) is 4.98 Å². The quantitative estimate of drug-likeness (QED) is 0.678. The standard InChI is InChI=1S/C13H10ClFN2O2/c1-19-13(18)12-9(14)6-10(15)11(17-12)7-2-4-8(16)5-3-7/h2-6H,16H2,1H3. The lowest BCUT2D eigenvalue weighted by Gasteiger charge is -2.07. The van der Waals surface area contributed by atoms with Crippen molar-refractivity contribution in [1.29, 1.82) is 0 Å². The third-order valence-electron chi connectivity index (χ3n) is 2.49. The van der Waals surface area contributed by atoms with Crippen LogP contribution in [0.1, 0.15) is 10.5 Å². The second kappa shape index (κ2) is 5.24. The van der Waals surface area contributed by atoms with Crippen molar-refractivity contribution in [3.63, 3.8) is 0 Å². The predicted molar refractivity (Wildman–Crippen MR) is 70.4 cm³/mol. The maximum Gasteiger partial charge on any atom is 0.358 e. The average Bonchev–Trinajstić information content (AvgIpc) is 2.39. The number of carbonyl (C=O) groups excluding carboxylic acids is 1. The minimum Gasteiger partial charge on any atom is -0.464 e. The summed E-state index contributed by atoms with van der Waals surface area (Å²) in [4.78, 5) is 15.4. The third-order valence-corrected chi connectivity index (χ3v) is 2.78. The van der Waals surface area contributed by atoms with E-state index in [1.165, 1.54) is 7.11 Å². The molecular weight excluding hydrogens is 271 g/mol. The molecule has 6 heteroatoms. The highest BCUT2D eigenvalue weighted by molar-refractivity contribution is 6.33. The fourth-order valence-corrected chi connectivity index (χ4v) is 1.77. The fourth-order valence-electron chi connectivity index (χ4n) is 1.55. The van der Waals surface area contributed by atoms with E-state index in [-0.39, 0.29) is 16.4 Å². The maximum absolute atomic E-state index is 13.9. The molecule has 0 spiro atoms. The number of ether oxygens (including phenoxy) is 1. The van der Waals surface area contributed by atoms with E-state index >= 15 is 0 Å². The molecule has 0 fully saturated rings. The van der Waals surface area contributed by atoms with E-state index in [9.17, 15) is 9.18 Å². The van der Waals surface area contributed by atoms with Gasteiger partial charge in [0.05, 0.1) is 12.1 Å². The Kier molecular flexibility index (Phi) is 3.66. The SMILES string of the molecule is COC(=O)c1nc(-c2ccc(N)cc2)c(F)cc1Cl. The summed E-state index contributed by atoms with van der Waals surface area (Å²) in [6, 6.07) is 7.48. The van der Waals surface area contributed by atoms with Crippen LogP contribution in [0.5, 0.6) is 0 Å². The topological polar surface area (TPSA) is 65.2 Å². The van der Waals surface area contributed by atoms with E-state index in [2.05, 4.69) is 9.72 Å². The monoisotopic (exact) mass is 280 g/mol. The first-order chi connectivity index (χ1) is 9.02. The summed E-state index contributed by atoms with van der Waals surface area (Å²) in [5, 5.41) is -0.0939. The minimum absolute atomic E-state index is 0.0183. The minimum atomic E-state index is -0.721. The first-order valence-electron chi connectivity index (χ1n) is 5.33. The lowest BCUT2D eigenvalue weighted by atomic mass is 10.1. The molecule has 0 bridgehead atoms. The summed E-state index contributed by atoms with van der Waals surface area (Å²) >= 11 is 5.76. The van der Waals surface area contributed by atoms with Gasteiger partial charge < -0.3 is 10.5 Å². The number of hydrogen-bond donors (Lipinski definition) is 1. The zero-order chi connectivity index (χ0) is 14.0. The van der Waals surface area contributed by atoms with Crippen LogP contribution in [0.2, 0.25) is 5.02 Å². The molecule has 0 aliphatic heterocycles. The Hall–Kier alpha value is -2.14. The van der Waals surface area contributed by atoms with Crippen LogP contribution < -0.4 is 5.73 Å². The van der Waals surface area contributed by atoms with Crippen molar-refractivity contribution >= 4 is 23.3 Å². The molecule has 0 unspecified atom stereocenters. The van der Waals surface area contributed by atoms with Gasteiger partial charge in [-0.2, -0.15) is 0 Å². The molecule has 2 rings (SSSR count). The number of esters is 1. The Labute approximate surface area is 114 Å². The van der Waals surface area contributed by atoms with Crippen molar-refractivity contribution in [2.24, 2.45) is 0 Å². The van der Waals surface area contributed by atoms with Crippen molar-refractivity contribution in [3.05, 3.63) is 46.9 Å². The predicted octanol–water partition coefficient (Wildman–Crippen LogP) is 2.91. The molecule has 1 aromatic carbocycles. The number of methoxy groups -OCH3 is 1. The molecule has 0 atom stereocenters. The van der Waals surface area contributed by atoms with Gasteiger partial charge in [-0.1, -0.05) is 23.7 Å². The Bertz CT molecular complexity index is 629. The second-order valence-corrected chi connectivity index (χ2v) is 4.17. The summed E-state index contributed by atoms with van der Waals surface area (Å²) < 4.78 is 18.4. The molecule has 0 saturated heterocycles. The summed E-state index contributed by atoms with van der Waals surface area (Å²) in [6.07, 6.45) is 0. The van der Waals surface area contributed by atoms with Crippen molar-refractivity contribution in [2.75, 3.05) is 12.8 Å². The van der Waals surface area contributed by atoms with E-state index in [0.29, 0.717) is 11.3 Å². The molecule has 1 aromatic heterocycles. The molecule has 98 valence electrons. The zero-order valence-electron chi connectivity index (χ0n) is 9.98. The van der Waals surface area contributed by atoms with Crippen LogP contribution in [0.3, 0.4) is 0 Å². The first kappa shape index (κ1) is 13.3. The molecular formula is C13H10ClFN2O2. The van der Waals surface area contributed by atoms with Crippen molar-refractivity contribution in [2.45, 2.75) is 0 Å². The van der Waals surface area contributed by atoms with Crippen LogP contribution in [0.15, 0.2) is 30.3 Å². The lowest BCUT2D eigenvalue weighted by Crippen LogP contribution is -2.07. The highest BCUT2D eigenvalue weighted by atomic mass is 35.5. The first-order valence-corrected chi connectivity index (χ1v) is 5.71. The summed E-state index contributed by atoms with van der Waals surface area (Å²) in [7, 11) is 1.20. The van der Waals surface area contributed by atoms with Gasteiger partial charge in [0.1, 0.15) is 5.69 Å². The van der Waals surface area contributed by atoms with Crippen LogP contribution in [0.4, 0.5) is 10.1 Å². The van der Waals surface area contributed by atoms with Gasteiger partial charge in [0.25, 0.3) is 0 Å². The van der Waals surface area contributed by atoms with Gasteiger partial charge in [-0.3, -0.25) is 0 Å². The number of anilines is 1. The molecule has 19 heavy (non-hydrogen) atoms. The van der Waals surface area contributed by atoms with Crippen LogP contribution in [-0.4, -0.2) is 18.1 Å². The Morgan fingerprint density at radius 1 is 1.37 bits per heavy atom. The van der Waals surface area contributed by atoms with E-state index in [4.69, 9.17) is 17.3 Å². The Morgan fingerprint density at radius 3 is 2.58 bits per heavy atom. The third kappa shape index (κ3) is 2.66. The number of pyridine rings is 1. The molecule has 0 radical (unpaired) electrons.